The molecule has 2 heterocycles. The summed E-state index contributed by atoms with van der Waals surface area (Å²) in [6.07, 6.45) is 0.634. The van der Waals surface area contributed by atoms with Crippen molar-refractivity contribution in [3.05, 3.63) is 211 Å². The Morgan fingerprint density at radius 1 is 0.717 bits per heavy atom. The lowest BCUT2D eigenvalue weighted by molar-refractivity contribution is -0.384. The Kier molecular flexibility index (Phi) is 8.56. The Labute approximate surface area is 318 Å². The molecule has 1 aliphatic rings. The summed E-state index contributed by atoms with van der Waals surface area (Å²) in [5.74, 6) is -0.228. The van der Waals surface area contributed by atoms with Crippen LogP contribution in [-0.4, -0.2) is 16.4 Å². The number of thiophene rings is 1. The van der Waals surface area contributed by atoms with Crippen molar-refractivity contribution in [1.29, 1.82) is 0 Å². The van der Waals surface area contributed by atoms with Gasteiger partial charge >= 0.3 is 0 Å². The van der Waals surface area contributed by atoms with E-state index in [1.807, 2.05) is 29.2 Å². The Morgan fingerprint density at radius 3 is 1.77 bits per heavy atom. The summed E-state index contributed by atoms with van der Waals surface area (Å²) in [5.41, 5.74) is 5.65. The number of benzene rings is 6. The first-order valence-corrected chi connectivity index (χ1v) is 18.8. The molecule has 1 aromatic heterocycles. The summed E-state index contributed by atoms with van der Waals surface area (Å²) >= 11 is 8.16. The van der Waals surface area contributed by atoms with Crippen LogP contribution in [0.4, 0.5) is 11.4 Å². The number of amides is 1. The van der Waals surface area contributed by atoms with E-state index in [9.17, 15) is 14.9 Å². The van der Waals surface area contributed by atoms with Gasteiger partial charge in [0.25, 0.3) is 11.6 Å². The highest BCUT2D eigenvalue weighted by atomic mass is 35.5. The number of nitro benzene ring substituents is 1. The van der Waals surface area contributed by atoms with Crippen molar-refractivity contribution in [3.63, 3.8) is 0 Å². The van der Waals surface area contributed by atoms with Crippen LogP contribution in [0.3, 0.4) is 0 Å². The zero-order chi connectivity index (χ0) is 37.0. The van der Waals surface area contributed by atoms with Gasteiger partial charge in [0.05, 0.1) is 15.4 Å². The van der Waals surface area contributed by atoms with E-state index in [4.69, 9.17) is 11.6 Å². The molecule has 7 aromatic rings. The Bertz CT molecular complexity index is 2390. The van der Waals surface area contributed by atoms with Crippen LogP contribution in [0, 0.1) is 10.1 Å². The summed E-state index contributed by atoms with van der Waals surface area (Å²) in [5, 5.41) is 12.5. The van der Waals surface area contributed by atoms with E-state index in [1.165, 1.54) is 23.5 Å². The number of nitrogens with zero attached hydrogens (tertiary/aromatic N) is 2. The first-order valence-electron chi connectivity index (χ1n) is 17.6. The number of hydrogen-bond donors (Lipinski definition) is 0. The van der Waals surface area contributed by atoms with Crippen LogP contribution >= 0.6 is 22.9 Å². The minimum Gasteiger partial charge on any atom is -0.302 e. The van der Waals surface area contributed by atoms with Gasteiger partial charge in [-0.2, -0.15) is 0 Å². The number of anilines is 1. The summed E-state index contributed by atoms with van der Waals surface area (Å²) in [7, 11) is 0. The van der Waals surface area contributed by atoms with E-state index in [-0.39, 0.29) is 11.6 Å². The second kappa shape index (κ2) is 13.1. The third kappa shape index (κ3) is 5.56. The molecule has 1 amide bonds. The molecule has 6 aromatic carbocycles. The molecule has 262 valence electrons. The average molecular weight is 733 g/mol. The van der Waals surface area contributed by atoms with Crippen molar-refractivity contribution < 1.29 is 9.72 Å². The van der Waals surface area contributed by atoms with Gasteiger partial charge in [-0.15, -0.1) is 11.3 Å². The van der Waals surface area contributed by atoms with Crippen molar-refractivity contribution in [2.45, 2.75) is 43.6 Å². The largest absolute Gasteiger partial charge is 0.302 e. The zero-order valence-electron chi connectivity index (χ0n) is 29.6. The third-order valence-electron chi connectivity index (χ3n) is 10.9. The number of hydrogen-bond acceptors (Lipinski definition) is 4. The van der Waals surface area contributed by atoms with Gasteiger partial charge in [-0.05, 0) is 65.8 Å². The third-order valence-corrected chi connectivity index (χ3v) is 12.6. The van der Waals surface area contributed by atoms with Crippen LogP contribution in [0.1, 0.15) is 70.2 Å². The van der Waals surface area contributed by atoms with Gasteiger partial charge in [-0.3, -0.25) is 14.9 Å². The smallest absolute Gasteiger partial charge is 0.270 e. The molecule has 1 atom stereocenters. The normalized spacial score (nSPS) is 16.6. The molecule has 7 heteroatoms. The van der Waals surface area contributed by atoms with Crippen LogP contribution < -0.4 is 4.90 Å². The van der Waals surface area contributed by atoms with Crippen molar-refractivity contribution in [2.24, 2.45) is 0 Å². The molecule has 0 bridgehead atoms. The van der Waals surface area contributed by atoms with Crippen molar-refractivity contribution in [3.8, 4) is 0 Å². The minimum absolute atomic E-state index is 0.0389. The summed E-state index contributed by atoms with van der Waals surface area (Å²) in [4.78, 5) is 28.4. The maximum absolute atomic E-state index is 15.0. The first-order chi connectivity index (χ1) is 25.6. The lowest BCUT2D eigenvalue weighted by atomic mass is 9.61. The first kappa shape index (κ1) is 34.5. The number of rotatable bonds is 7. The van der Waals surface area contributed by atoms with Crippen LogP contribution in [0.2, 0.25) is 5.02 Å². The van der Waals surface area contributed by atoms with Gasteiger partial charge in [0.2, 0.25) is 0 Å². The molecule has 8 rings (SSSR count). The fraction of sp³-hybridized carbons (Fsp3) is 0.152. The van der Waals surface area contributed by atoms with Gasteiger partial charge in [0.1, 0.15) is 4.88 Å². The molecular formula is C46H37ClN2O3S. The lowest BCUT2D eigenvalue weighted by Crippen LogP contribution is -2.56. The fourth-order valence-corrected chi connectivity index (χ4v) is 10.2. The Hall–Kier alpha value is -5.56. The topological polar surface area (TPSA) is 63.5 Å². The van der Waals surface area contributed by atoms with E-state index in [1.54, 1.807) is 6.07 Å². The molecule has 0 N–H and O–H groups in total. The average Bonchev–Trinajstić information content (AvgIpc) is 3.52. The molecule has 53 heavy (non-hydrogen) atoms. The van der Waals surface area contributed by atoms with E-state index < -0.39 is 21.3 Å². The molecule has 0 fully saturated rings. The Balaban J connectivity index is 1.41. The number of nitro groups is 1. The van der Waals surface area contributed by atoms with E-state index in [0.717, 1.165) is 39.1 Å². The van der Waals surface area contributed by atoms with Gasteiger partial charge in [0, 0.05) is 38.9 Å². The maximum Gasteiger partial charge on any atom is 0.270 e. The van der Waals surface area contributed by atoms with Crippen LogP contribution in [0.5, 0.6) is 0 Å². The predicted octanol–water partition coefficient (Wildman–Crippen LogP) is 12.0. The molecular weight excluding hydrogens is 696 g/mol. The summed E-state index contributed by atoms with van der Waals surface area (Å²) in [6.45, 7) is 6.50. The van der Waals surface area contributed by atoms with Gasteiger partial charge in [0.15, 0.2) is 0 Å². The highest BCUT2D eigenvalue weighted by Crippen LogP contribution is 2.54. The quantitative estimate of drug-likeness (QED) is 0.0931. The molecule has 0 unspecified atom stereocenters. The van der Waals surface area contributed by atoms with Crippen LogP contribution in [0.25, 0.3) is 10.1 Å². The molecule has 0 radical (unpaired) electrons. The number of carbonyl (C=O) groups is 1. The molecule has 0 spiro atoms. The van der Waals surface area contributed by atoms with Crippen LogP contribution in [-0.2, 0) is 10.8 Å². The number of halogens is 1. The van der Waals surface area contributed by atoms with E-state index in [2.05, 4.69) is 136 Å². The molecule has 0 aliphatic carbocycles. The summed E-state index contributed by atoms with van der Waals surface area (Å²) < 4.78 is 0.602. The second-order valence-electron chi connectivity index (χ2n) is 14.6. The van der Waals surface area contributed by atoms with Gasteiger partial charge in [-0.1, -0.05) is 152 Å². The lowest BCUT2D eigenvalue weighted by Gasteiger charge is -2.52. The fourth-order valence-electron chi connectivity index (χ4n) is 8.69. The zero-order valence-corrected chi connectivity index (χ0v) is 31.2. The summed E-state index contributed by atoms with van der Waals surface area (Å²) in [6, 6.07) is 53.6. The van der Waals surface area contributed by atoms with E-state index >= 15 is 0 Å². The van der Waals surface area contributed by atoms with Crippen molar-refractivity contribution >= 4 is 50.3 Å². The molecule has 0 saturated carbocycles. The van der Waals surface area contributed by atoms with Crippen LogP contribution in [0.15, 0.2) is 158 Å². The van der Waals surface area contributed by atoms with Gasteiger partial charge in [-0.25, -0.2) is 0 Å². The van der Waals surface area contributed by atoms with Crippen molar-refractivity contribution in [1.82, 2.24) is 0 Å². The SMILES string of the molecule is CC1(C)C[C@](C)(c2ccccc2)c2cc(C(c3ccccc3)(c3ccccc3)c3ccccc3)ccc2N1C(=O)c1sc2cc([N+](=O)[O-])ccc2c1Cl. The van der Waals surface area contributed by atoms with E-state index in [0.29, 0.717) is 26.4 Å². The monoisotopic (exact) mass is 732 g/mol. The molecule has 5 nitrogen and oxygen atoms in total. The molecule has 0 saturated heterocycles. The number of carbonyl (C=O) groups excluding carboxylic acids is 1. The minimum atomic E-state index is -0.679. The Morgan fingerprint density at radius 2 is 1.25 bits per heavy atom. The maximum atomic E-state index is 15.0. The predicted molar refractivity (Wildman–Crippen MR) is 217 cm³/mol. The van der Waals surface area contributed by atoms with Crippen molar-refractivity contribution in [2.75, 3.05) is 4.90 Å². The standard InChI is InChI=1S/C46H37ClN2O3S/c1-44(2)30-45(3,31-16-8-4-9-17-31)38-28-35(46(32-18-10-5-11-19-32,33-20-12-6-13-21-33)34-22-14-7-15-23-34)24-27-39(38)48(44)43(50)42-41(47)37-26-25-36(49(51)52)29-40(37)53-42/h4-29H,30H2,1-3H3/t45-/m1/s1. The molecule has 1 aliphatic heterocycles. The number of non-ortho nitro benzene ring substituents is 1. The number of fused-ring (bicyclic) bond motifs is 2. The highest BCUT2D eigenvalue weighted by molar-refractivity contribution is 7.21. The highest BCUT2D eigenvalue weighted by Gasteiger charge is 2.50. The van der Waals surface area contributed by atoms with Gasteiger partial charge < -0.3 is 4.90 Å². The second-order valence-corrected chi connectivity index (χ2v) is 16.0.